The molecule has 0 unspecified atom stereocenters. The van der Waals surface area contributed by atoms with E-state index in [4.69, 9.17) is 0 Å². The Kier molecular flexibility index (Phi) is 3.78. The quantitative estimate of drug-likeness (QED) is 0.637. The highest BCUT2D eigenvalue weighted by Crippen LogP contribution is 2.27. The van der Waals surface area contributed by atoms with Crippen molar-refractivity contribution in [2.24, 2.45) is 0 Å². The zero-order valence-electron chi connectivity index (χ0n) is 10.3. The molecule has 0 saturated carbocycles. The second kappa shape index (κ2) is 5.32. The van der Waals surface area contributed by atoms with Gasteiger partial charge in [0, 0.05) is 18.5 Å². The first-order chi connectivity index (χ1) is 8.63. The number of hydrogen-bond donors (Lipinski definition) is 1. The van der Waals surface area contributed by atoms with Crippen LogP contribution in [0.2, 0.25) is 0 Å². The maximum atomic E-state index is 11.0. The van der Waals surface area contributed by atoms with Crippen LogP contribution in [0.1, 0.15) is 6.92 Å². The van der Waals surface area contributed by atoms with Crippen molar-refractivity contribution in [3.63, 3.8) is 0 Å². The molecule has 2 heterocycles. The number of imidazole rings is 1. The predicted molar refractivity (Wildman–Crippen MR) is 71.4 cm³/mol. The summed E-state index contributed by atoms with van der Waals surface area (Å²) in [5.41, 5.74) is 0. The van der Waals surface area contributed by atoms with E-state index in [-0.39, 0.29) is 5.82 Å². The Morgan fingerprint density at radius 2 is 2.44 bits per heavy atom. The number of rotatable bonds is 6. The van der Waals surface area contributed by atoms with E-state index in [9.17, 15) is 10.1 Å². The van der Waals surface area contributed by atoms with E-state index >= 15 is 0 Å². The summed E-state index contributed by atoms with van der Waals surface area (Å²) in [7, 11) is 2.00. The van der Waals surface area contributed by atoms with Crippen LogP contribution < -0.4 is 5.32 Å². The molecule has 0 aliphatic carbocycles. The second-order valence-electron chi connectivity index (χ2n) is 3.92. The summed E-state index contributed by atoms with van der Waals surface area (Å²) < 4.78 is 1.50. The van der Waals surface area contributed by atoms with Gasteiger partial charge in [-0.3, -0.25) is 0 Å². The average Bonchev–Trinajstić information content (AvgIpc) is 2.87. The number of nitro groups is 1. The molecular formula is C10H15N5O2S. The lowest BCUT2D eigenvalue weighted by atomic mass is 10.5. The van der Waals surface area contributed by atoms with Crippen molar-refractivity contribution >= 4 is 27.9 Å². The largest absolute Gasteiger partial charge is 0.372 e. The molecule has 0 bridgehead atoms. The number of anilines is 1. The topological polar surface area (TPSA) is 75.7 Å². The van der Waals surface area contributed by atoms with Crippen molar-refractivity contribution in [1.82, 2.24) is 14.3 Å². The molecule has 0 atom stereocenters. The van der Waals surface area contributed by atoms with Crippen LogP contribution in [0.4, 0.5) is 11.6 Å². The zero-order valence-corrected chi connectivity index (χ0v) is 11.1. The van der Waals surface area contributed by atoms with Crippen LogP contribution in [0.3, 0.4) is 0 Å². The van der Waals surface area contributed by atoms with E-state index in [2.05, 4.69) is 22.1 Å². The van der Waals surface area contributed by atoms with Crippen LogP contribution in [-0.4, -0.2) is 45.9 Å². The summed E-state index contributed by atoms with van der Waals surface area (Å²) in [4.78, 5) is 17.6. The van der Waals surface area contributed by atoms with Crippen LogP contribution >= 0.6 is 11.3 Å². The van der Waals surface area contributed by atoms with Crippen LogP contribution in [0.25, 0.3) is 4.96 Å². The molecular weight excluding hydrogens is 254 g/mol. The molecule has 0 fully saturated rings. The molecule has 0 aliphatic rings. The lowest BCUT2D eigenvalue weighted by Gasteiger charge is -2.13. The van der Waals surface area contributed by atoms with Gasteiger partial charge < -0.3 is 20.3 Å². The third-order valence-electron chi connectivity index (χ3n) is 2.74. The molecule has 0 aromatic carbocycles. The Balaban J connectivity index is 2.14. The third kappa shape index (κ3) is 2.44. The van der Waals surface area contributed by atoms with Gasteiger partial charge in [0.2, 0.25) is 5.82 Å². The van der Waals surface area contributed by atoms with E-state index in [1.807, 2.05) is 7.05 Å². The van der Waals surface area contributed by atoms with Crippen LogP contribution in [-0.2, 0) is 0 Å². The molecule has 8 heteroatoms. The molecule has 0 amide bonds. The number of fused-ring (bicyclic) bond motifs is 1. The van der Waals surface area contributed by atoms with Crippen molar-refractivity contribution in [3.05, 3.63) is 21.7 Å². The number of nitrogens with one attached hydrogen (secondary N) is 1. The van der Waals surface area contributed by atoms with E-state index in [1.165, 1.54) is 15.7 Å². The monoisotopic (exact) mass is 269 g/mol. The SMILES string of the molecule is CCN(C)CCNc1nc2sccn2c1[N+](=O)[O-]. The summed E-state index contributed by atoms with van der Waals surface area (Å²) in [5, 5.41) is 15.9. The summed E-state index contributed by atoms with van der Waals surface area (Å²) in [6.07, 6.45) is 1.66. The molecule has 2 rings (SSSR count). The van der Waals surface area contributed by atoms with Crippen LogP contribution in [0.15, 0.2) is 11.6 Å². The molecule has 18 heavy (non-hydrogen) atoms. The zero-order chi connectivity index (χ0) is 13.1. The van der Waals surface area contributed by atoms with Crippen molar-refractivity contribution in [1.29, 1.82) is 0 Å². The summed E-state index contributed by atoms with van der Waals surface area (Å²) in [6.45, 7) is 4.46. The fourth-order valence-corrected chi connectivity index (χ4v) is 2.30. The first-order valence-corrected chi connectivity index (χ1v) is 6.53. The Morgan fingerprint density at radius 1 is 1.67 bits per heavy atom. The molecule has 0 saturated heterocycles. The minimum atomic E-state index is -0.404. The number of thiazole rings is 1. The lowest BCUT2D eigenvalue weighted by molar-refractivity contribution is -0.389. The standard InChI is InChI=1S/C10H15N5O2S/c1-3-13(2)5-4-11-8-9(15(16)17)14-6-7-18-10(14)12-8/h6-7,11H,3-5H2,1-2H3. The van der Waals surface area contributed by atoms with Gasteiger partial charge in [0.15, 0.2) is 0 Å². The fraction of sp³-hybridized carbons (Fsp3) is 0.500. The van der Waals surface area contributed by atoms with Gasteiger partial charge in [0.05, 0.1) is 0 Å². The lowest BCUT2D eigenvalue weighted by Crippen LogP contribution is -2.24. The van der Waals surface area contributed by atoms with Gasteiger partial charge in [-0.05, 0) is 18.5 Å². The molecule has 7 nitrogen and oxygen atoms in total. The number of hydrogen-bond acceptors (Lipinski definition) is 6. The van der Waals surface area contributed by atoms with Gasteiger partial charge in [0.25, 0.3) is 4.96 Å². The van der Waals surface area contributed by atoms with Gasteiger partial charge in [-0.25, -0.2) is 0 Å². The van der Waals surface area contributed by atoms with Crippen molar-refractivity contribution in [3.8, 4) is 0 Å². The summed E-state index contributed by atoms with van der Waals surface area (Å²) in [6, 6.07) is 0. The molecule has 0 aliphatic heterocycles. The number of aromatic nitrogens is 2. The minimum absolute atomic E-state index is 0.00500. The Morgan fingerprint density at radius 3 is 3.11 bits per heavy atom. The molecule has 98 valence electrons. The summed E-state index contributed by atoms with van der Waals surface area (Å²) >= 11 is 1.38. The maximum Gasteiger partial charge on any atom is 0.372 e. The average molecular weight is 269 g/mol. The van der Waals surface area contributed by atoms with Crippen LogP contribution in [0.5, 0.6) is 0 Å². The van der Waals surface area contributed by atoms with Crippen molar-refractivity contribution in [2.75, 3.05) is 32.0 Å². The Bertz CT molecular complexity index is 549. The van der Waals surface area contributed by atoms with Crippen LogP contribution in [0, 0.1) is 10.1 Å². The Labute approximate surface area is 108 Å². The van der Waals surface area contributed by atoms with Gasteiger partial charge in [0.1, 0.15) is 6.20 Å². The molecule has 1 N–H and O–H groups in total. The van der Waals surface area contributed by atoms with Gasteiger partial charge in [-0.2, -0.15) is 9.38 Å². The van der Waals surface area contributed by atoms with Crippen molar-refractivity contribution in [2.45, 2.75) is 6.92 Å². The highest BCUT2D eigenvalue weighted by atomic mass is 32.1. The third-order valence-corrected chi connectivity index (χ3v) is 3.49. The van der Waals surface area contributed by atoms with E-state index in [1.54, 1.807) is 11.6 Å². The molecule has 2 aromatic rings. The second-order valence-corrected chi connectivity index (χ2v) is 4.79. The van der Waals surface area contributed by atoms with E-state index < -0.39 is 4.92 Å². The molecule has 2 aromatic heterocycles. The highest BCUT2D eigenvalue weighted by Gasteiger charge is 2.23. The molecule has 0 spiro atoms. The molecule has 0 radical (unpaired) electrons. The number of nitrogens with zero attached hydrogens (tertiary/aromatic N) is 4. The number of likely N-dealkylation sites (N-methyl/N-ethyl adjacent to an activating group) is 1. The van der Waals surface area contributed by atoms with Gasteiger partial charge in [-0.15, -0.1) is 0 Å². The first-order valence-electron chi connectivity index (χ1n) is 5.65. The fourth-order valence-electron chi connectivity index (χ4n) is 1.59. The van der Waals surface area contributed by atoms with Crippen molar-refractivity contribution < 1.29 is 4.92 Å². The summed E-state index contributed by atoms with van der Waals surface area (Å²) in [5.74, 6) is 0.349. The smallest absolute Gasteiger partial charge is 0.362 e. The highest BCUT2D eigenvalue weighted by molar-refractivity contribution is 7.15. The van der Waals surface area contributed by atoms with Gasteiger partial charge in [-0.1, -0.05) is 18.3 Å². The van der Waals surface area contributed by atoms with E-state index in [0.29, 0.717) is 17.3 Å². The first kappa shape index (κ1) is 12.8. The Hall–Kier alpha value is -1.67. The normalized spacial score (nSPS) is 11.3. The van der Waals surface area contributed by atoms with Gasteiger partial charge >= 0.3 is 5.82 Å². The maximum absolute atomic E-state index is 11.0. The minimum Gasteiger partial charge on any atom is -0.362 e. The predicted octanol–water partition coefficient (Wildman–Crippen LogP) is 1.67. The van der Waals surface area contributed by atoms with E-state index in [0.717, 1.165) is 13.1 Å².